The van der Waals surface area contributed by atoms with Crippen LogP contribution in [0.4, 0.5) is 0 Å². The Morgan fingerprint density at radius 2 is 1.85 bits per heavy atom. The van der Waals surface area contributed by atoms with Crippen LogP contribution in [-0.2, 0) is 20.8 Å². The van der Waals surface area contributed by atoms with Gasteiger partial charge in [0, 0.05) is 13.0 Å². The van der Waals surface area contributed by atoms with E-state index in [9.17, 15) is 10.2 Å². The summed E-state index contributed by atoms with van der Waals surface area (Å²) in [6, 6.07) is 9.76. The minimum atomic E-state index is -0.966. The van der Waals surface area contributed by atoms with E-state index in [0.29, 0.717) is 6.61 Å². The third kappa shape index (κ3) is 3.56. The summed E-state index contributed by atoms with van der Waals surface area (Å²) in [5.41, 5.74) is 1.05. The van der Waals surface area contributed by atoms with Gasteiger partial charge in [-0.3, -0.25) is 0 Å². The first-order valence-electron chi connectivity index (χ1n) is 6.79. The van der Waals surface area contributed by atoms with Crippen LogP contribution >= 0.6 is 0 Å². The predicted octanol–water partition coefficient (Wildman–Crippen LogP) is 0.932. The number of hydrogen-bond donors (Lipinski definition) is 2. The van der Waals surface area contributed by atoms with E-state index in [1.165, 1.54) is 7.11 Å². The molecule has 0 aliphatic carbocycles. The molecular weight excluding hydrogens is 260 g/mol. The standard InChI is InChI=1S/C15H22O5/c1-10-13(16)14(17)12(20-15(10)18-2)9-19-8-11-6-4-3-5-7-11/h3-7,10,12-17H,8-9H2,1-2H3/t10-,12+,13-,14+,15-/m0/s1. The maximum atomic E-state index is 10.0. The second-order valence-corrected chi connectivity index (χ2v) is 5.12. The lowest BCUT2D eigenvalue weighted by Crippen LogP contribution is -2.55. The summed E-state index contributed by atoms with van der Waals surface area (Å²) in [4.78, 5) is 0. The molecule has 0 spiro atoms. The molecule has 1 aromatic rings. The third-order valence-electron chi connectivity index (χ3n) is 3.63. The van der Waals surface area contributed by atoms with Gasteiger partial charge >= 0.3 is 0 Å². The Kier molecular flexibility index (Phi) is 5.51. The first kappa shape index (κ1) is 15.4. The van der Waals surface area contributed by atoms with Crippen LogP contribution in [0.15, 0.2) is 30.3 Å². The Morgan fingerprint density at radius 1 is 1.15 bits per heavy atom. The number of aliphatic hydroxyl groups excluding tert-OH is 2. The summed E-state index contributed by atoms with van der Waals surface area (Å²) in [7, 11) is 1.52. The summed E-state index contributed by atoms with van der Waals surface area (Å²) in [5, 5.41) is 20.0. The molecule has 1 aliphatic rings. The molecule has 0 bridgehead atoms. The minimum Gasteiger partial charge on any atom is -0.390 e. The Bertz CT molecular complexity index is 395. The molecule has 0 saturated carbocycles. The fourth-order valence-corrected chi connectivity index (χ4v) is 2.34. The number of benzene rings is 1. The van der Waals surface area contributed by atoms with Crippen molar-refractivity contribution >= 4 is 0 Å². The van der Waals surface area contributed by atoms with E-state index in [4.69, 9.17) is 14.2 Å². The zero-order valence-corrected chi connectivity index (χ0v) is 11.8. The van der Waals surface area contributed by atoms with E-state index in [2.05, 4.69) is 0 Å². The van der Waals surface area contributed by atoms with Crippen molar-refractivity contribution in [2.24, 2.45) is 5.92 Å². The van der Waals surface area contributed by atoms with Crippen molar-refractivity contribution < 1.29 is 24.4 Å². The van der Waals surface area contributed by atoms with Gasteiger partial charge in [-0.25, -0.2) is 0 Å². The first-order chi connectivity index (χ1) is 9.63. The Labute approximate surface area is 119 Å². The van der Waals surface area contributed by atoms with Gasteiger partial charge in [0.25, 0.3) is 0 Å². The maximum Gasteiger partial charge on any atom is 0.162 e. The number of methoxy groups -OCH3 is 1. The smallest absolute Gasteiger partial charge is 0.162 e. The van der Waals surface area contributed by atoms with Crippen LogP contribution in [0, 0.1) is 5.92 Å². The lowest BCUT2D eigenvalue weighted by atomic mass is 9.92. The summed E-state index contributed by atoms with van der Waals surface area (Å²) < 4.78 is 16.3. The predicted molar refractivity (Wildman–Crippen MR) is 72.9 cm³/mol. The topological polar surface area (TPSA) is 68.2 Å². The molecule has 0 radical (unpaired) electrons. The van der Waals surface area contributed by atoms with E-state index in [0.717, 1.165) is 5.56 Å². The lowest BCUT2D eigenvalue weighted by molar-refractivity contribution is -0.277. The molecule has 2 N–H and O–H groups in total. The van der Waals surface area contributed by atoms with Crippen LogP contribution in [0.1, 0.15) is 12.5 Å². The molecule has 2 rings (SSSR count). The van der Waals surface area contributed by atoms with Crippen LogP contribution in [0.25, 0.3) is 0 Å². The van der Waals surface area contributed by atoms with Gasteiger partial charge in [-0.1, -0.05) is 37.3 Å². The van der Waals surface area contributed by atoms with E-state index >= 15 is 0 Å². The van der Waals surface area contributed by atoms with E-state index in [1.807, 2.05) is 30.3 Å². The molecule has 5 heteroatoms. The first-order valence-corrected chi connectivity index (χ1v) is 6.79. The van der Waals surface area contributed by atoms with E-state index in [1.54, 1.807) is 6.92 Å². The minimum absolute atomic E-state index is 0.208. The largest absolute Gasteiger partial charge is 0.390 e. The Balaban J connectivity index is 1.85. The summed E-state index contributed by atoms with van der Waals surface area (Å²) in [6.07, 6.45) is -2.96. The molecule has 5 atom stereocenters. The number of ether oxygens (including phenoxy) is 3. The maximum absolute atomic E-state index is 10.0. The Hall–Kier alpha value is -0.980. The van der Waals surface area contributed by atoms with Gasteiger partial charge < -0.3 is 24.4 Å². The second kappa shape index (κ2) is 7.15. The highest BCUT2D eigenvalue weighted by molar-refractivity contribution is 5.13. The van der Waals surface area contributed by atoms with Crippen molar-refractivity contribution in [3.05, 3.63) is 35.9 Å². The monoisotopic (exact) mass is 282 g/mol. The Morgan fingerprint density at radius 3 is 2.50 bits per heavy atom. The summed E-state index contributed by atoms with van der Waals surface area (Å²) in [5.74, 6) is -0.277. The van der Waals surface area contributed by atoms with E-state index in [-0.39, 0.29) is 12.5 Å². The normalized spacial score (nSPS) is 34.1. The molecule has 112 valence electrons. The van der Waals surface area contributed by atoms with E-state index < -0.39 is 24.6 Å². The van der Waals surface area contributed by atoms with Crippen LogP contribution in [-0.4, -0.2) is 48.5 Å². The van der Waals surface area contributed by atoms with Gasteiger partial charge in [0.1, 0.15) is 12.2 Å². The van der Waals surface area contributed by atoms with Gasteiger partial charge in [-0.2, -0.15) is 0 Å². The van der Waals surface area contributed by atoms with Gasteiger partial charge in [0.2, 0.25) is 0 Å². The molecule has 1 saturated heterocycles. The van der Waals surface area contributed by atoms with Crippen molar-refractivity contribution in [2.75, 3.05) is 13.7 Å². The SMILES string of the molecule is CO[C@H]1O[C@H](COCc2ccccc2)[C@@H](O)[C@@H](O)[C@@H]1C. The molecule has 1 aliphatic heterocycles. The average molecular weight is 282 g/mol. The van der Waals surface area contributed by atoms with Crippen molar-refractivity contribution in [3.63, 3.8) is 0 Å². The van der Waals surface area contributed by atoms with Crippen LogP contribution in [0.5, 0.6) is 0 Å². The summed E-state index contributed by atoms with van der Waals surface area (Å²) in [6.45, 7) is 2.43. The van der Waals surface area contributed by atoms with Crippen LogP contribution in [0.2, 0.25) is 0 Å². The van der Waals surface area contributed by atoms with Gasteiger partial charge in [-0.05, 0) is 5.56 Å². The van der Waals surface area contributed by atoms with Crippen LogP contribution < -0.4 is 0 Å². The molecule has 5 nitrogen and oxygen atoms in total. The average Bonchev–Trinajstić information content (AvgIpc) is 2.48. The third-order valence-corrected chi connectivity index (χ3v) is 3.63. The van der Waals surface area contributed by atoms with Crippen LogP contribution in [0.3, 0.4) is 0 Å². The van der Waals surface area contributed by atoms with Gasteiger partial charge in [0.15, 0.2) is 6.29 Å². The quantitative estimate of drug-likeness (QED) is 0.841. The number of hydrogen-bond acceptors (Lipinski definition) is 5. The second-order valence-electron chi connectivity index (χ2n) is 5.12. The van der Waals surface area contributed by atoms with Crippen molar-refractivity contribution in [3.8, 4) is 0 Å². The summed E-state index contributed by atoms with van der Waals surface area (Å²) >= 11 is 0. The number of aliphatic hydroxyl groups is 2. The molecule has 0 unspecified atom stereocenters. The molecule has 0 amide bonds. The molecule has 0 aromatic heterocycles. The number of rotatable bonds is 5. The van der Waals surface area contributed by atoms with Crippen molar-refractivity contribution in [1.29, 1.82) is 0 Å². The van der Waals surface area contributed by atoms with Crippen molar-refractivity contribution in [2.45, 2.75) is 38.1 Å². The van der Waals surface area contributed by atoms with Crippen molar-refractivity contribution in [1.82, 2.24) is 0 Å². The van der Waals surface area contributed by atoms with Gasteiger partial charge in [0.05, 0.1) is 19.3 Å². The lowest BCUT2D eigenvalue weighted by Gasteiger charge is -2.40. The fraction of sp³-hybridized carbons (Fsp3) is 0.600. The fourth-order valence-electron chi connectivity index (χ4n) is 2.34. The molecule has 1 heterocycles. The molecule has 20 heavy (non-hydrogen) atoms. The molecule has 1 fully saturated rings. The zero-order chi connectivity index (χ0) is 14.5. The zero-order valence-electron chi connectivity index (χ0n) is 11.8. The highest BCUT2D eigenvalue weighted by atomic mass is 16.7. The highest BCUT2D eigenvalue weighted by Gasteiger charge is 2.42. The molecular formula is C15H22O5. The van der Waals surface area contributed by atoms with Gasteiger partial charge in [-0.15, -0.1) is 0 Å². The highest BCUT2D eigenvalue weighted by Crippen LogP contribution is 2.26. The molecule has 1 aromatic carbocycles.